The zero-order valence-corrected chi connectivity index (χ0v) is 17.2. The van der Waals surface area contributed by atoms with Crippen molar-refractivity contribution in [2.75, 3.05) is 0 Å². The average molecular weight is 429 g/mol. The van der Waals surface area contributed by atoms with Gasteiger partial charge in [0.25, 0.3) is 11.1 Å². The first-order valence-electron chi connectivity index (χ1n) is 9.06. The number of nitriles is 1. The molecule has 0 amide bonds. The molecule has 0 radical (unpaired) electrons. The Kier molecular flexibility index (Phi) is 6.04. The van der Waals surface area contributed by atoms with Crippen LogP contribution in [-0.2, 0) is 6.54 Å². The number of hydrogen-bond acceptors (Lipinski definition) is 5. The minimum Gasteiger partial charge on any atom is -0.446 e. The Morgan fingerprint density at radius 1 is 1.33 bits per heavy atom. The molecular formula is C21H18ClFN4O3. The van der Waals surface area contributed by atoms with E-state index in [9.17, 15) is 14.0 Å². The molecule has 0 saturated heterocycles. The summed E-state index contributed by atoms with van der Waals surface area (Å²) in [5, 5.41) is 9.16. The minimum atomic E-state index is -0.929. The van der Waals surface area contributed by atoms with E-state index in [0.717, 1.165) is 6.07 Å². The van der Waals surface area contributed by atoms with Crippen LogP contribution in [0, 0.1) is 24.1 Å². The van der Waals surface area contributed by atoms with Crippen molar-refractivity contribution in [3.63, 3.8) is 0 Å². The molecule has 0 aliphatic heterocycles. The molecule has 0 atom stereocenters. The molecule has 7 nitrogen and oxygen atoms in total. The molecule has 0 fully saturated rings. The molecular weight excluding hydrogens is 411 g/mol. The van der Waals surface area contributed by atoms with Crippen molar-refractivity contribution in [3.05, 3.63) is 84.7 Å². The largest absolute Gasteiger partial charge is 0.446 e. The summed E-state index contributed by atoms with van der Waals surface area (Å²) >= 11 is 5.94. The smallest absolute Gasteiger partial charge is 0.296 e. The highest BCUT2D eigenvalue weighted by Gasteiger charge is 2.21. The maximum Gasteiger partial charge on any atom is 0.296 e. The maximum absolute atomic E-state index is 14.6. The molecule has 0 aliphatic rings. The first-order valence-corrected chi connectivity index (χ1v) is 9.44. The highest BCUT2D eigenvalue weighted by molar-refractivity contribution is 6.30. The van der Waals surface area contributed by atoms with Gasteiger partial charge in [-0.25, -0.2) is 9.37 Å². The predicted molar refractivity (Wildman–Crippen MR) is 110 cm³/mol. The Morgan fingerprint density at radius 3 is 2.70 bits per heavy atom. The van der Waals surface area contributed by atoms with Gasteiger partial charge in [0.1, 0.15) is 6.07 Å². The van der Waals surface area contributed by atoms with E-state index in [1.807, 2.05) is 0 Å². The number of hydrogen-bond donors (Lipinski definition) is 1. The SMILES string of the molecule is Cc1ccc(Cn2cnc(C(C)C)c(Oc3cc(Cl)cc(C#N)c3F)c2=O)c(=O)[nH]1. The number of benzene rings is 1. The zero-order valence-electron chi connectivity index (χ0n) is 16.5. The van der Waals surface area contributed by atoms with Crippen LogP contribution in [0.3, 0.4) is 0 Å². The van der Waals surface area contributed by atoms with E-state index < -0.39 is 11.4 Å². The topological polar surface area (TPSA) is 101 Å². The van der Waals surface area contributed by atoms with Gasteiger partial charge in [0.2, 0.25) is 5.75 Å². The molecule has 9 heteroatoms. The Balaban J connectivity index is 2.11. The second-order valence-corrected chi connectivity index (χ2v) is 7.46. The molecule has 1 N–H and O–H groups in total. The standard InChI is InChI=1S/C21H18ClFN4O3/c1-11(2)18-19(30-16-7-15(22)6-14(8-24)17(16)23)21(29)27(10-25-18)9-13-5-4-12(3)26-20(13)28/h4-7,10-11H,9H2,1-3H3,(H,26,28). The van der Waals surface area contributed by atoms with Gasteiger partial charge in [-0.2, -0.15) is 5.26 Å². The van der Waals surface area contributed by atoms with Crippen molar-refractivity contribution in [1.82, 2.24) is 14.5 Å². The molecule has 0 saturated carbocycles. The number of pyridine rings is 1. The lowest BCUT2D eigenvalue weighted by Crippen LogP contribution is -2.27. The number of aryl methyl sites for hydroxylation is 1. The van der Waals surface area contributed by atoms with Gasteiger partial charge in [-0.3, -0.25) is 14.2 Å². The molecule has 3 aromatic rings. The van der Waals surface area contributed by atoms with Crippen molar-refractivity contribution in [2.24, 2.45) is 0 Å². The molecule has 0 aliphatic carbocycles. The van der Waals surface area contributed by atoms with Crippen LogP contribution in [0.15, 0.2) is 40.2 Å². The lowest BCUT2D eigenvalue weighted by molar-refractivity contribution is 0.419. The summed E-state index contributed by atoms with van der Waals surface area (Å²) in [7, 11) is 0. The fraction of sp³-hybridized carbons (Fsp3) is 0.238. The number of nitrogens with zero attached hydrogens (tertiary/aromatic N) is 3. The maximum atomic E-state index is 14.6. The van der Waals surface area contributed by atoms with Crippen LogP contribution in [0.1, 0.15) is 42.3 Å². The quantitative estimate of drug-likeness (QED) is 0.664. The lowest BCUT2D eigenvalue weighted by Gasteiger charge is -2.15. The Morgan fingerprint density at radius 2 is 2.07 bits per heavy atom. The van der Waals surface area contributed by atoms with Gasteiger partial charge in [-0.05, 0) is 31.0 Å². The van der Waals surface area contributed by atoms with E-state index in [1.54, 1.807) is 39.0 Å². The second-order valence-electron chi connectivity index (χ2n) is 7.02. The fourth-order valence-electron chi connectivity index (χ4n) is 2.84. The lowest BCUT2D eigenvalue weighted by atomic mass is 10.1. The minimum absolute atomic E-state index is 0.0440. The van der Waals surface area contributed by atoms with E-state index in [4.69, 9.17) is 21.6 Å². The summed E-state index contributed by atoms with van der Waals surface area (Å²) in [6, 6.07) is 7.38. The zero-order chi connectivity index (χ0) is 22.0. The molecule has 1 aromatic carbocycles. The van der Waals surface area contributed by atoms with E-state index in [0.29, 0.717) is 17.0 Å². The molecule has 154 valence electrons. The van der Waals surface area contributed by atoms with E-state index >= 15 is 0 Å². The number of halogens is 2. The van der Waals surface area contributed by atoms with E-state index in [-0.39, 0.29) is 40.1 Å². The average Bonchev–Trinajstić information content (AvgIpc) is 2.68. The Labute approximate surface area is 176 Å². The van der Waals surface area contributed by atoms with Gasteiger partial charge in [-0.1, -0.05) is 25.4 Å². The summed E-state index contributed by atoms with van der Waals surface area (Å²) in [6.45, 7) is 5.31. The highest BCUT2D eigenvalue weighted by atomic mass is 35.5. The molecule has 0 bridgehead atoms. The van der Waals surface area contributed by atoms with Crippen LogP contribution < -0.4 is 15.9 Å². The number of ether oxygens (including phenoxy) is 1. The third-order valence-corrected chi connectivity index (χ3v) is 4.60. The number of nitrogens with one attached hydrogen (secondary N) is 1. The van der Waals surface area contributed by atoms with E-state index in [1.165, 1.54) is 17.0 Å². The van der Waals surface area contributed by atoms with Crippen LogP contribution in [0.5, 0.6) is 11.5 Å². The molecule has 2 heterocycles. The normalized spacial score (nSPS) is 10.8. The van der Waals surface area contributed by atoms with Crippen molar-refractivity contribution >= 4 is 11.6 Å². The molecule has 0 unspecified atom stereocenters. The van der Waals surface area contributed by atoms with Gasteiger partial charge in [0.15, 0.2) is 11.6 Å². The van der Waals surface area contributed by atoms with Gasteiger partial charge in [-0.15, -0.1) is 0 Å². The van der Waals surface area contributed by atoms with E-state index in [2.05, 4.69) is 9.97 Å². The second kappa shape index (κ2) is 8.51. The first kappa shape index (κ1) is 21.3. The van der Waals surface area contributed by atoms with Crippen molar-refractivity contribution in [2.45, 2.75) is 33.2 Å². The number of H-pyrrole nitrogens is 1. The third kappa shape index (κ3) is 4.26. The summed E-state index contributed by atoms with van der Waals surface area (Å²) in [5.74, 6) is -1.68. The van der Waals surface area contributed by atoms with Crippen LogP contribution >= 0.6 is 11.6 Å². The van der Waals surface area contributed by atoms with Crippen LogP contribution in [-0.4, -0.2) is 14.5 Å². The van der Waals surface area contributed by atoms with Crippen molar-refractivity contribution in [3.8, 4) is 17.6 Å². The van der Waals surface area contributed by atoms with Gasteiger partial charge in [0, 0.05) is 22.3 Å². The monoisotopic (exact) mass is 428 g/mol. The summed E-state index contributed by atoms with van der Waals surface area (Å²) < 4.78 is 21.4. The number of aromatic nitrogens is 3. The van der Waals surface area contributed by atoms with Gasteiger partial charge in [0.05, 0.1) is 24.1 Å². The first-order chi connectivity index (χ1) is 14.2. The van der Waals surface area contributed by atoms with Gasteiger partial charge < -0.3 is 9.72 Å². The molecule has 30 heavy (non-hydrogen) atoms. The van der Waals surface area contributed by atoms with Crippen LogP contribution in [0.25, 0.3) is 0 Å². The Bertz CT molecular complexity index is 1270. The summed E-state index contributed by atoms with van der Waals surface area (Å²) in [6.07, 6.45) is 1.32. The van der Waals surface area contributed by atoms with Crippen molar-refractivity contribution < 1.29 is 9.13 Å². The van der Waals surface area contributed by atoms with Crippen LogP contribution in [0.4, 0.5) is 4.39 Å². The van der Waals surface area contributed by atoms with Crippen LogP contribution in [0.2, 0.25) is 5.02 Å². The predicted octanol–water partition coefficient (Wildman–Crippen LogP) is 3.87. The fourth-order valence-corrected chi connectivity index (χ4v) is 3.05. The number of rotatable bonds is 5. The van der Waals surface area contributed by atoms with Gasteiger partial charge >= 0.3 is 0 Å². The molecule has 2 aromatic heterocycles. The third-order valence-electron chi connectivity index (χ3n) is 4.38. The Hall–Kier alpha value is -3.44. The summed E-state index contributed by atoms with van der Waals surface area (Å²) in [4.78, 5) is 32.2. The van der Waals surface area contributed by atoms with Crippen molar-refractivity contribution in [1.29, 1.82) is 5.26 Å². The molecule has 0 spiro atoms. The highest BCUT2D eigenvalue weighted by Crippen LogP contribution is 2.31. The summed E-state index contributed by atoms with van der Waals surface area (Å²) in [5.41, 5.74) is 0.140. The number of aromatic amines is 1. The molecule has 3 rings (SSSR count).